The van der Waals surface area contributed by atoms with E-state index in [1.165, 1.54) is 6.33 Å². The number of nitrogen functional groups attached to an aromatic ring is 1. The van der Waals surface area contributed by atoms with Gasteiger partial charge in [0.25, 0.3) is 0 Å². The van der Waals surface area contributed by atoms with Crippen molar-refractivity contribution in [1.29, 1.82) is 0 Å². The summed E-state index contributed by atoms with van der Waals surface area (Å²) >= 11 is 0. The fraction of sp³-hybridized carbons (Fsp3) is 0.182. The molecule has 0 spiro atoms. The number of hydrogen-bond donors (Lipinski definition) is 1. The molecule has 0 bridgehead atoms. The van der Waals surface area contributed by atoms with Crippen LogP contribution in [0.25, 0.3) is 0 Å². The monoisotopic (exact) mass is 216 g/mol. The maximum absolute atomic E-state index is 5.48. The van der Waals surface area contributed by atoms with Gasteiger partial charge >= 0.3 is 0 Å². The van der Waals surface area contributed by atoms with E-state index in [0.29, 0.717) is 12.2 Å². The van der Waals surface area contributed by atoms with Gasteiger partial charge < -0.3 is 10.5 Å². The summed E-state index contributed by atoms with van der Waals surface area (Å²) < 4.78 is 5.14. The zero-order valence-electron chi connectivity index (χ0n) is 8.92. The number of nitrogens with zero attached hydrogens (tertiary/aromatic N) is 3. The van der Waals surface area contributed by atoms with E-state index in [0.717, 1.165) is 11.3 Å². The molecular formula is C11H12N4O. The number of nitrogens with two attached hydrogens (primary N) is 1. The lowest BCUT2D eigenvalue weighted by atomic mass is 10.1. The molecule has 1 heterocycles. The van der Waals surface area contributed by atoms with Crippen molar-refractivity contribution in [3.05, 3.63) is 42.0 Å². The lowest BCUT2D eigenvalue weighted by Crippen LogP contribution is -2.02. The molecule has 0 aliphatic carbocycles. The van der Waals surface area contributed by atoms with Crippen LogP contribution in [0.3, 0.4) is 0 Å². The molecule has 0 radical (unpaired) electrons. The van der Waals surface area contributed by atoms with Gasteiger partial charge in [-0.1, -0.05) is 12.1 Å². The second-order valence-electron chi connectivity index (χ2n) is 3.29. The Morgan fingerprint density at radius 2 is 2.19 bits per heavy atom. The van der Waals surface area contributed by atoms with E-state index in [-0.39, 0.29) is 5.95 Å². The van der Waals surface area contributed by atoms with Crippen LogP contribution >= 0.6 is 0 Å². The number of aromatic nitrogens is 3. The summed E-state index contributed by atoms with van der Waals surface area (Å²) in [6, 6.07) is 7.76. The largest absolute Gasteiger partial charge is 0.497 e. The van der Waals surface area contributed by atoms with Crippen molar-refractivity contribution in [2.24, 2.45) is 0 Å². The van der Waals surface area contributed by atoms with E-state index in [1.807, 2.05) is 24.3 Å². The summed E-state index contributed by atoms with van der Waals surface area (Å²) in [5.41, 5.74) is 6.56. The van der Waals surface area contributed by atoms with Crippen molar-refractivity contribution in [2.45, 2.75) is 6.42 Å². The van der Waals surface area contributed by atoms with Crippen LogP contribution in [0.1, 0.15) is 11.4 Å². The van der Waals surface area contributed by atoms with Gasteiger partial charge in [-0.3, -0.25) is 0 Å². The number of methoxy groups -OCH3 is 1. The third kappa shape index (κ3) is 2.44. The average molecular weight is 216 g/mol. The maximum Gasteiger partial charge on any atom is 0.223 e. The molecule has 0 aliphatic heterocycles. The van der Waals surface area contributed by atoms with Crippen molar-refractivity contribution in [2.75, 3.05) is 12.8 Å². The molecule has 2 aromatic rings. The predicted octanol–water partition coefficient (Wildman–Crippen LogP) is 1.05. The fourth-order valence-electron chi connectivity index (χ4n) is 1.39. The minimum Gasteiger partial charge on any atom is -0.497 e. The first-order valence-corrected chi connectivity index (χ1v) is 4.84. The van der Waals surface area contributed by atoms with E-state index in [9.17, 15) is 0 Å². The number of ether oxygens (including phenoxy) is 1. The van der Waals surface area contributed by atoms with Gasteiger partial charge in [0.2, 0.25) is 5.95 Å². The molecule has 5 heteroatoms. The van der Waals surface area contributed by atoms with E-state index < -0.39 is 0 Å². The van der Waals surface area contributed by atoms with Gasteiger partial charge in [-0.25, -0.2) is 9.97 Å². The lowest BCUT2D eigenvalue weighted by molar-refractivity contribution is 0.414. The first-order valence-electron chi connectivity index (χ1n) is 4.84. The third-order valence-corrected chi connectivity index (χ3v) is 2.14. The van der Waals surface area contributed by atoms with E-state index in [2.05, 4.69) is 15.0 Å². The Kier molecular flexibility index (Phi) is 2.95. The molecule has 0 fully saturated rings. The van der Waals surface area contributed by atoms with Gasteiger partial charge in [0.1, 0.15) is 17.9 Å². The molecule has 2 rings (SSSR count). The topological polar surface area (TPSA) is 73.9 Å². The highest BCUT2D eigenvalue weighted by Crippen LogP contribution is 2.14. The number of anilines is 1. The first kappa shape index (κ1) is 10.4. The molecule has 0 saturated heterocycles. The van der Waals surface area contributed by atoms with Crippen molar-refractivity contribution < 1.29 is 4.74 Å². The summed E-state index contributed by atoms with van der Waals surface area (Å²) in [5, 5.41) is 0. The van der Waals surface area contributed by atoms with Gasteiger partial charge in [-0.2, -0.15) is 4.98 Å². The highest BCUT2D eigenvalue weighted by atomic mass is 16.5. The average Bonchev–Trinajstić information content (AvgIpc) is 2.29. The lowest BCUT2D eigenvalue weighted by Gasteiger charge is -2.03. The number of hydrogen-bond acceptors (Lipinski definition) is 5. The second-order valence-corrected chi connectivity index (χ2v) is 3.29. The summed E-state index contributed by atoms with van der Waals surface area (Å²) in [4.78, 5) is 11.8. The highest BCUT2D eigenvalue weighted by Gasteiger charge is 2.01. The normalized spacial score (nSPS) is 10.1. The van der Waals surface area contributed by atoms with Gasteiger partial charge in [0.15, 0.2) is 0 Å². The fourth-order valence-corrected chi connectivity index (χ4v) is 1.39. The van der Waals surface area contributed by atoms with Gasteiger partial charge in [-0.15, -0.1) is 0 Å². The van der Waals surface area contributed by atoms with Crippen LogP contribution in [0.2, 0.25) is 0 Å². The molecule has 2 N–H and O–H groups in total. The quantitative estimate of drug-likeness (QED) is 0.830. The Morgan fingerprint density at radius 1 is 1.31 bits per heavy atom. The summed E-state index contributed by atoms with van der Waals surface area (Å²) in [6.45, 7) is 0. The zero-order chi connectivity index (χ0) is 11.4. The Bertz CT molecular complexity index is 487. The minimum atomic E-state index is 0.243. The van der Waals surface area contributed by atoms with Gasteiger partial charge in [-0.05, 0) is 17.7 Å². The minimum absolute atomic E-state index is 0.243. The number of benzene rings is 1. The Hall–Kier alpha value is -2.17. The molecular weight excluding hydrogens is 204 g/mol. The SMILES string of the molecule is COc1cccc(Cc2ncnc(N)n2)c1. The molecule has 0 saturated carbocycles. The molecule has 82 valence electrons. The van der Waals surface area contributed by atoms with Crippen LogP contribution in [0.4, 0.5) is 5.95 Å². The van der Waals surface area contributed by atoms with Crippen LogP contribution in [0.15, 0.2) is 30.6 Å². The van der Waals surface area contributed by atoms with Crippen LogP contribution in [-0.2, 0) is 6.42 Å². The van der Waals surface area contributed by atoms with Crippen molar-refractivity contribution in [1.82, 2.24) is 15.0 Å². The van der Waals surface area contributed by atoms with Crippen molar-refractivity contribution >= 4 is 5.95 Å². The Labute approximate surface area is 93.3 Å². The van der Waals surface area contributed by atoms with Crippen LogP contribution in [-0.4, -0.2) is 22.1 Å². The summed E-state index contributed by atoms with van der Waals surface area (Å²) in [7, 11) is 1.64. The Morgan fingerprint density at radius 3 is 2.94 bits per heavy atom. The molecule has 1 aromatic heterocycles. The Balaban J connectivity index is 2.20. The molecule has 0 aliphatic rings. The van der Waals surface area contributed by atoms with Crippen LogP contribution < -0.4 is 10.5 Å². The second kappa shape index (κ2) is 4.57. The van der Waals surface area contributed by atoms with Crippen LogP contribution in [0, 0.1) is 0 Å². The molecule has 0 atom stereocenters. The first-order chi connectivity index (χ1) is 7.78. The predicted molar refractivity (Wildman–Crippen MR) is 60.0 cm³/mol. The molecule has 0 amide bonds. The molecule has 5 nitrogen and oxygen atoms in total. The van der Waals surface area contributed by atoms with Crippen LogP contribution in [0.5, 0.6) is 5.75 Å². The number of rotatable bonds is 3. The molecule has 0 unspecified atom stereocenters. The maximum atomic E-state index is 5.48. The smallest absolute Gasteiger partial charge is 0.223 e. The third-order valence-electron chi connectivity index (χ3n) is 2.14. The molecule has 16 heavy (non-hydrogen) atoms. The summed E-state index contributed by atoms with van der Waals surface area (Å²) in [5.74, 6) is 1.72. The summed E-state index contributed by atoms with van der Waals surface area (Å²) in [6.07, 6.45) is 2.03. The highest BCUT2D eigenvalue weighted by molar-refractivity contribution is 5.30. The van der Waals surface area contributed by atoms with Gasteiger partial charge in [0, 0.05) is 6.42 Å². The van der Waals surface area contributed by atoms with Crippen molar-refractivity contribution in [3.63, 3.8) is 0 Å². The standard InChI is InChI=1S/C11H12N4O/c1-16-9-4-2-3-8(5-9)6-10-13-7-14-11(12)15-10/h2-5,7H,6H2,1H3,(H2,12,13,14,15). The van der Waals surface area contributed by atoms with Gasteiger partial charge in [0.05, 0.1) is 7.11 Å². The molecule has 1 aromatic carbocycles. The van der Waals surface area contributed by atoms with E-state index in [1.54, 1.807) is 7.11 Å². The van der Waals surface area contributed by atoms with Crippen molar-refractivity contribution in [3.8, 4) is 5.75 Å². The van der Waals surface area contributed by atoms with E-state index in [4.69, 9.17) is 10.5 Å². The van der Waals surface area contributed by atoms with E-state index >= 15 is 0 Å². The zero-order valence-corrected chi connectivity index (χ0v) is 8.92.